The summed E-state index contributed by atoms with van der Waals surface area (Å²) < 4.78 is 0. The maximum atomic E-state index is 4.96. The number of aryl methyl sites for hydroxylation is 2. The van der Waals surface area contributed by atoms with Crippen LogP contribution in [0.2, 0.25) is 0 Å². The van der Waals surface area contributed by atoms with E-state index in [-0.39, 0.29) is 5.41 Å². The summed E-state index contributed by atoms with van der Waals surface area (Å²) in [7, 11) is 0. The number of hydrogen-bond donors (Lipinski definition) is 1. The molecule has 1 N–H and O–H groups in total. The topological polar surface area (TPSA) is 24.9 Å². The van der Waals surface area contributed by atoms with Gasteiger partial charge in [-0.3, -0.25) is 4.98 Å². The van der Waals surface area contributed by atoms with Crippen molar-refractivity contribution in [3.63, 3.8) is 0 Å². The molecule has 1 aromatic carbocycles. The third kappa shape index (κ3) is 3.11. The summed E-state index contributed by atoms with van der Waals surface area (Å²) in [5.74, 6) is 0. The van der Waals surface area contributed by atoms with Gasteiger partial charge in [0.2, 0.25) is 0 Å². The molecule has 1 fully saturated rings. The fourth-order valence-electron chi connectivity index (χ4n) is 2.82. The van der Waals surface area contributed by atoms with E-state index in [0.717, 1.165) is 12.6 Å². The zero-order valence-electron chi connectivity index (χ0n) is 13.9. The number of fused-ring (bicyclic) bond motifs is 1. The van der Waals surface area contributed by atoms with E-state index < -0.39 is 0 Å². The van der Waals surface area contributed by atoms with Gasteiger partial charge in [0.25, 0.3) is 0 Å². The van der Waals surface area contributed by atoms with E-state index in [1.165, 1.54) is 46.1 Å². The van der Waals surface area contributed by atoms with Crippen LogP contribution in [0.25, 0.3) is 10.9 Å². The molecule has 0 spiro atoms. The Kier molecular flexibility index (Phi) is 3.53. The van der Waals surface area contributed by atoms with E-state index in [1.54, 1.807) is 0 Å². The van der Waals surface area contributed by atoms with Gasteiger partial charge in [-0.05, 0) is 49.9 Å². The molecule has 1 aliphatic carbocycles. The van der Waals surface area contributed by atoms with E-state index in [9.17, 15) is 0 Å². The average Bonchev–Trinajstić information content (AvgIpc) is 3.18. The maximum Gasteiger partial charge on any atom is 0.0738 e. The molecule has 0 bridgehead atoms. The van der Waals surface area contributed by atoms with Gasteiger partial charge in [0.15, 0.2) is 0 Å². The number of aromatic nitrogens is 1. The van der Waals surface area contributed by atoms with Gasteiger partial charge in [0.1, 0.15) is 0 Å². The lowest BCUT2D eigenvalue weighted by Gasteiger charge is -2.21. The zero-order valence-corrected chi connectivity index (χ0v) is 13.9. The third-order valence-electron chi connectivity index (χ3n) is 4.26. The minimum atomic E-state index is 0.0832. The molecule has 1 aliphatic rings. The molecule has 2 nitrogen and oxygen atoms in total. The van der Waals surface area contributed by atoms with Crippen LogP contribution in [-0.2, 0) is 12.0 Å². The zero-order chi connectivity index (χ0) is 15.2. The molecule has 0 atom stereocenters. The van der Waals surface area contributed by atoms with Crippen LogP contribution in [0.4, 0.5) is 0 Å². The molecule has 0 aliphatic heterocycles. The smallest absolute Gasteiger partial charge is 0.0738 e. The van der Waals surface area contributed by atoms with Gasteiger partial charge in [-0.15, -0.1) is 0 Å². The maximum absolute atomic E-state index is 4.96. The van der Waals surface area contributed by atoms with Crippen LogP contribution in [-0.4, -0.2) is 11.0 Å². The predicted octanol–water partition coefficient (Wildman–Crippen LogP) is 4.40. The monoisotopic (exact) mass is 282 g/mol. The Balaban J connectivity index is 2.14. The number of rotatable bonds is 3. The Hall–Kier alpha value is -1.41. The number of nitrogens with zero attached hydrogens (tertiary/aromatic N) is 1. The molecule has 21 heavy (non-hydrogen) atoms. The van der Waals surface area contributed by atoms with Gasteiger partial charge in [-0.25, -0.2) is 0 Å². The van der Waals surface area contributed by atoms with Gasteiger partial charge in [0, 0.05) is 29.1 Å². The molecule has 2 heteroatoms. The van der Waals surface area contributed by atoms with Gasteiger partial charge in [-0.2, -0.15) is 0 Å². The lowest BCUT2D eigenvalue weighted by molar-refractivity contribution is 0.569. The SMILES string of the molecule is Cc1cc(C)c2nc(C(C)(C)C)cc(CNC3CC3)c2c1. The van der Waals surface area contributed by atoms with Crippen molar-refractivity contribution in [1.29, 1.82) is 0 Å². The standard InChI is InChI=1S/C19H26N2/c1-12-8-13(2)18-16(9-12)14(11-20-15-6-7-15)10-17(21-18)19(3,4)5/h8-10,15,20H,6-7,11H2,1-5H3. The van der Waals surface area contributed by atoms with Crippen molar-refractivity contribution < 1.29 is 0 Å². The van der Waals surface area contributed by atoms with Crippen LogP contribution >= 0.6 is 0 Å². The Bertz CT molecular complexity index is 676. The van der Waals surface area contributed by atoms with Crippen LogP contribution in [0.3, 0.4) is 0 Å². The first-order valence-electron chi connectivity index (χ1n) is 7.99. The van der Waals surface area contributed by atoms with E-state index in [4.69, 9.17) is 4.98 Å². The van der Waals surface area contributed by atoms with Gasteiger partial charge in [-0.1, -0.05) is 32.4 Å². The van der Waals surface area contributed by atoms with Crippen molar-refractivity contribution in [3.05, 3.63) is 40.6 Å². The Morgan fingerprint density at radius 2 is 1.86 bits per heavy atom. The Morgan fingerprint density at radius 1 is 1.14 bits per heavy atom. The molecule has 3 rings (SSSR count). The highest BCUT2D eigenvalue weighted by atomic mass is 14.9. The van der Waals surface area contributed by atoms with Gasteiger partial charge >= 0.3 is 0 Å². The molecule has 0 amide bonds. The Morgan fingerprint density at radius 3 is 2.48 bits per heavy atom. The fourth-order valence-corrected chi connectivity index (χ4v) is 2.82. The number of hydrogen-bond acceptors (Lipinski definition) is 2. The van der Waals surface area contributed by atoms with Crippen molar-refractivity contribution in [2.24, 2.45) is 0 Å². The molecule has 0 radical (unpaired) electrons. The molecule has 0 saturated heterocycles. The molecule has 1 saturated carbocycles. The number of nitrogens with one attached hydrogen (secondary N) is 1. The molecule has 2 aromatic rings. The average molecular weight is 282 g/mol. The van der Waals surface area contributed by atoms with Crippen LogP contribution in [0, 0.1) is 13.8 Å². The molecule has 1 aromatic heterocycles. The summed E-state index contributed by atoms with van der Waals surface area (Å²) in [6.07, 6.45) is 2.65. The fraction of sp³-hybridized carbons (Fsp3) is 0.526. The van der Waals surface area contributed by atoms with Crippen molar-refractivity contribution in [1.82, 2.24) is 10.3 Å². The van der Waals surface area contributed by atoms with E-state index in [1.807, 2.05) is 0 Å². The highest BCUT2D eigenvalue weighted by Crippen LogP contribution is 2.29. The minimum absolute atomic E-state index is 0.0832. The molecule has 0 unspecified atom stereocenters. The van der Waals surface area contributed by atoms with Crippen molar-refractivity contribution in [2.75, 3.05) is 0 Å². The number of pyridine rings is 1. The minimum Gasteiger partial charge on any atom is -0.310 e. The van der Waals surface area contributed by atoms with Gasteiger partial charge < -0.3 is 5.32 Å². The third-order valence-corrected chi connectivity index (χ3v) is 4.26. The highest BCUT2D eigenvalue weighted by molar-refractivity contribution is 5.86. The van der Waals surface area contributed by atoms with E-state index in [2.05, 4.69) is 58.1 Å². The van der Waals surface area contributed by atoms with Crippen molar-refractivity contribution in [2.45, 2.75) is 65.5 Å². The first kappa shape index (κ1) is 14.5. The van der Waals surface area contributed by atoms with Crippen molar-refractivity contribution in [3.8, 4) is 0 Å². The molecular weight excluding hydrogens is 256 g/mol. The summed E-state index contributed by atoms with van der Waals surface area (Å²) >= 11 is 0. The van der Waals surface area contributed by atoms with Crippen LogP contribution in [0.1, 0.15) is 56.0 Å². The second kappa shape index (κ2) is 5.10. The quantitative estimate of drug-likeness (QED) is 0.902. The van der Waals surface area contributed by atoms with E-state index in [0.29, 0.717) is 0 Å². The van der Waals surface area contributed by atoms with Crippen LogP contribution in [0.5, 0.6) is 0 Å². The second-order valence-corrected chi connectivity index (χ2v) is 7.55. The highest BCUT2D eigenvalue weighted by Gasteiger charge is 2.22. The lowest BCUT2D eigenvalue weighted by Crippen LogP contribution is -2.18. The van der Waals surface area contributed by atoms with Crippen molar-refractivity contribution >= 4 is 10.9 Å². The van der Waals surface area contributed by atoms with Crippen LogP contribution in [0.15, 0.2) is 18.2 Å². The summed E-state index contributed by atoms with van der Waals surface area (Å²) in [5, 5.41) is 4.97. The molecule has 112 valence electrons. The first-order chi connectivity index (χ1) is 9.84. The van der Waals surface area contributed by atoms with Gasteiger partial charge in [0.05, 0.1) is 5.52 Å². The lowest BCUT2D eigenvalue weighted by atomic mass is 9.89. The summed E-state index contributed by atoms with van der Waals surface area (Å²) in [6.45, 7) is 12.0. The largest absolute Gasteiger partial charge is 0.310 e. The van der Waals surface area contributed by atoms with E-state index >= 15 is 0 Å². The summed E-state index contributed by atoms with van der Waals surface area (Å²) in [6, 6.07) is 7.56. The number of benzene rings is 1. The normalized spacial score (nSPS) is 15.7. The van der Waals surface area contributed by atoms with Crippen LogP contribution < -0.4 is 5.32 Å². The predicted molar refractivity (Wildman–Crippen MR) is 89.8 cm³/mol. The molecular formula is C19H26N2. The summed E-state index contributed by atoms with van der Waals surface area (Å²) in [5.41, 5.74) is 6.43. The second-order valence-electron chi connectivity index (χ2n) is 7.55. The first-order valence-corrected chi connectivity index (χ1v) is 7.99. The summed E-state index contributed by atoms with van der Waals surface area (Å²) in [4.78, 5) is 4.96. The molecule has 1 heterocycles. The Labute approximate surface area is 128 Å².